The number of benzene rings is 3. The second-order valence-electron chi connectivity index (χ2n) is 7.65. The molecule has 0 unspecified atom stereocenters. The van der Waals surface area contributed by atoms with E-state index in [9.17, 15) is 9.59 Å². The van der Waals surface area contributed by atoms with Crippen molar-refractivity contribution in [3.05, 3.63) is 53.4 Å². The summed E-state index contributed by atoms with van der Waals surface area (Å²) in [6.45, 7) is 5.03. The van der Waals surface area contributed by atoms with Crippen LogP contribution in [0.5, 0.6) is 0 Å². The summed E-state index contributed by atoms with van der Waals surface area (Å²) >= 11 is 0. The number of rotatable bonds is 7. The van der Waals surface area contributed by atoms with Crippen LogP contribution in [0.2, 0.25) is 0 Å². The van der Waals surface area contributed by atoms with Gasteiger partial charge in [-0.3, -0.25) is 14.6 Å². The summed E-state index contributed by atoms with van der Waals surface area (Å²) in [6.07, 6.45) is 0.155. The molecule has 8 heteroatoms. The van der Waals surface area contributed by atoms with Crippen LogP contribution in [0.25, 0.3) is 33.3 Å². The number of aryl methyl sites for hydroxylation is 1. The maximum Gasteiger partial charge on any atom is 0.325 e. The van der Waals surface area contributed by atoms with Crippen LogP contribution >= 0.6 is 0 Å². The molecule has 0 atom stereocenters. The Bertz CT molecular complexity index is 1380. The van der Waals surface area contributed by atoms with Gasteiger partial charge >= 0.3 is 5.97 Å². The van der Waals surface area contributed by atoms with Crippen molar-refractivity contribution in [2.24, 2.45) is 4.99 Å². The van der Waals surface area contributed by atoms with Crippen LogP contribution in [0.15, 0.2) is 51.9 Å². The molecule has 0 fully saturated rings. The molecule has 1 aliphatic heterocycles. The van der Waals surface area contributed by atoms with Gasteiger partial charge in [-0.25, -0.2) is 4.98 Å². The number of carbonyl (C=O) groups is 2. The van der Waals surface area contributed by atoms with E-state index in [0.717, 1.165) is 45.1 Å². The number of hydrogen-bond acceptors (Lipinski definition) is 7. The van der Waals surface area contributed by atoms with E-state index >= 15 is 0 Å². The lowest BCUT2D eigenvalue weighted by Crippen LogP contribution is -2.30. The first-order valence-corrected chi connectivity index (χ1v) is 10.8. The molecule has 0 saturated carbocycles. The Balaban J connectivity index is 1.73. The van der Waals surface area contributed by atoms with Gasteiger partial charge in [-0.05, 0) is 25.5 Å². The topological polar surface area (TPSA) is 106 Å². The highest BCUT2D eigenvalue weighted by atomic mass is 16.5. The number of carbonyl (C=O) groups excluding carboxylic acids is 2. The molecule has 0 spiro atoms. The number of hydrogen-bond donors (Lipinski definition) is 2. The number of esters is 1. The fourth-order valence-electron chi connectivity index (χ4n) is 3.71. The second kappa shape index (κ2) is 9.68. The van der Waals surface area contributed by atoms with E-state index < -0.39 is 5.97 Å². The number of nitrogens with one attached hydrogen (secondary N) is 2. The molecule has 1 amide bonds. The predicted octanol–water partition coefficient (Wildman–Crippen LogP) is 3.41. The predicted molar refractivity (Wildman–Crippen MR) is 127 cm³/mol. The molecule has 2 aliphatic rings. The van der Waals surface area contributed by atoms with Crippen molar-refractivity contribution in [2.45, 2.75) is 20.3 Å². The number of amides is 1. The number of fused-ring (bicyclic) bond motifs is 4. The molecule has 0 radical (unpaired) electrons. The largest absolute Gasteiger partial charge is 0.468 e. The van der Waals surface area contributed by atoms with Crippen LogP contribution in [0.4, 0.5) is 5.69 Å². The quantitative estimate of drug-likeness (QED) is 0.256. The highest BCUT2D eigenvalue weighted by Gasteiger charge is 2.16. The second-order valence-corrected chi connectivity index (χ2v) is 7.65. The fourth-order valence-corrected chi connectivity index (χ4v) is 3.71. The SMILES string of the molecule is CCNc1cc2oc3cc(=NCCC(=O)NCC(=O)OC)c4ccccc4c-3nc2cc1C. The molecule has 170 valence electrons. The summed E-state index contributed by atoms with van der Waals surface area (Å²) in [7, 11) is 1.28. The molecule has 2 aromatic carbocycles. The van der Waals surface area contributed by atoms with Crippen molar-refractivity contribution in [3.63, 3.8) is 0 Å². The lowest BCUT2D eigenvalue weighted by Gasteiger charge is -2.13. The third kappa shape index (κ3) is 4.79. The molecular formula is C25H26N4O4. The molecule has 33 heavy (non-hydrogen) atoms. The number of methoxy groups -OCH3 is 1. The molecular weight excluding hydrogens is 420 g/mol. The number of ether oxygens (including phenoxy) is 1. The van der Waals surface area contributed by atoms with Crippen LogP contribution in [0.1, 0.15) is 18.9 Å². The smallest absolute Gasteiger partial charge is 0.325 e. The monoisotopic (exact) mass is 446 g/mol. The Labute approximate surface area is 191 Å². The van der Waals surface area contributed by atoms with Gasteiger partial charge in [0, 0.05) is 48.1 Å². The Hall–Kier alpha value is -3.94. The lowest BCUT2D eigenvalue weighted by atomic mass is 10.0. The molecule has 1 aliphatic carbocycles. The van der Waals surface area contributed by atoms with E-state index in [1.165, 1.54) is 7.11 Å². The van der Waals surface area contributed by atoms with Crippen LogP contribution in [-0.2, 0) is 14.3 Å². The Kier molecular flexibility index (Phi) is 6.53. The van der Waals surface area contributed by atoms with Crippen LogP contribution < -0.4 is 16.0 Å². The van der Waals surface area contributed by atoms with Gasteiger partial charge in [0.2, 0.25) is 5.91 Å². The van der Waals surface area contributed by atoms with Crippen molar-refractivity contribution in [1.29, 1.82) is 0 Å². The Morgan fingerprint density at radius 2 is 1.94 bits per heavy atom. The van der Waals surface area contributed by atoms with E-state index in [-0.39, 0.29) is 25.4 Å². The van der Waals surface area contributed by atoms with Gasteiger partial charge in [-0.15, -0.1) is 0 Å². The van der Waals surface area contributed by atoms with E-state index in [4.69, 9.17) is 9.40 Å². The summed E-state index contributed by atoms with van der Waals surface area (Å²) in [5.41, 5.74) is 4.36. The molecule has 2 aromatic rings. The van der Waals surface area contributed by atoms with Crippen molar-refractivity contribution < 1.29 is 18.7 Å². The molecule has 8 nitrogen and oxygen atoms in total. The van der Waals surface area contributed by atoms with Gasteiger partial charge in [0.25, 0.3) is 0 Å². The first kappa shape index (κ1) is 22.3. The van der Waals surface area contributed by atoms with Crippen LogP contribution in [0.3, 0.4) is 0 Å². The molecule has 0 bridgehead atoms. The summed E-state index contributed by atoms with van der Waals surface area (Å²) in [5.74, 6) is -0.131. The van der Waals surface area contributed by atoms with E-state index in [1.807, 2.05) is 49.4 Å². The first-order valence-electron chi connectivity index (χ1n) is 10.8. The zero-order chi connectivity index (χ0) is 23.4. The van der Waals surface area contributed by atoms with Gasteiger partial charge in [0.1, 0.15) is 17.8 Å². The van der Waals surface area contributed by atoms with E-state index in [0.29, 0.717) is 11.3 Å². The van der Waals surface area contributed by atoms with Crippen LogP contribution in [-0.4, -0.2) is 43.6 Å². The van der Waals surface area contributed by atoms with Crippen molar-refractivity contribution in [1.82, 2.24) is 10.3 Å². The average molecular weight is 447 g/mol. The number of anilines is 1. The summed E-state index contributed by atoms with van der Waals surface area (Å²) in [4.78, 5) is 32.7. The lowest BCUT2D eigenvalue weighted by molar-refractivity contribution is -0.141. The summed E-state index contributed by atoms with van der Waals surface area (Å²) in [5, 5.41) is 8.45. The third-order valence-corrected chi connectivity index (χ3v) is 5.36. The van der Waals surface area contributed by atoms with Gasteiger partial charge in [0.05, 0.1) is 12.5 Å². The van der Waals surface area contributed by atoms with Gasteiger partial charge < -0.3 is 19.8 Å². The highest BCUT2D eigenvalue weighted by Crippen LogP contribution is 2.32. The maximum atomic E-state index is 12.0. The standard InChI is InChI=1S/C25H26N4O4/c1-4-26-18-12-21-20(11-15(18)2)29-25-17-8-6-5-7-16(17)19(13-22(25)33-21)27-10-9-23(30)28-14-24(31)32-3/h5-8,11-13,26H,4,9-10,14H2,1-3H3,(H,28,30). The first-order chi connectivity index (χ1) is 16.0. The minimum Gasteiger partial charge on any atom is -0.468 e. The normalized spacial score (nSPS) is 11.8. The van der Waals surface area contributed by atoms with Gasteiger partial charge in [0.15, 0.2) is 11.3 Å². The van der Waals surface area contributed by atoms with Gasteiger partial charge in [-0.1, -0.05) is 24.3 Å². The summed E-state index contributed by atoms with van der Waals surface area (Å²) < 4.78 is 10.8. The third-order valence-electron chi connectivity index (χ3n) is 5.36. The molecule has 1 heterocycles. The zero-order valence-corrected chi connectivity index (χ0v) is 18.9. The highest BCUT2D eigenvalue weighted by molar-refractivity contribution is 5.96. The van der Waals surface area contributed by atoms with E-state index in [2.05, 4.69) is 27.3 Å². The van der Waals surface area contributed by atoms with Crippen LogP contribution in [0, 0.1) is 6.92 Å². The van der Waals surface area contributed by atoms with E-state index in [1.54, 1.807) is 0 Å². The van der Waals surface area contributed by atoms with Crippen molar-refractivity contribution in [2.75, 3.05) is 32.1 Å². The summed E-state index contributed by atoms with van der Waals surface area (Å²) in [6, 6.07) is 13.7. The van der Waals surface area contributed by atoms with Crippen molar-refractivity contribution >= 4 is 39.4 Å². The molecule has 4 rings (SSSR count). The minimum atomic E-state index is -0.491. The average Bonchev–Trinajstić information content (AvgIpc) is 2.82. The Morgan fingerprint density at radius 1 is 1.15 bits per heavy atom. The molecule has 2 N–H and O–H groups in total. The molecule has 0 saturated heterocycles. The van der Waals surface area contributed by atoms with Gasteiger partial charge in [-0.2, -0.15) is 0 Å². The number of nitrogens with zero attached hydrogens (tertiary/aromatic N) is 2. The number of aromatic nitrogens is 1. The zero-order valence-electron chi connectivity index (χ0n) is 18.9. The molecule has 0 aromatic heterocycles. The fraction of sp³-hybridized carbons (Fsp3) is 0.280. The minimum absolute atomic E-state index is 0.153. The maximum absolute atomic E-state index is 12.0. The van der Waals surface area contributed by atoms with Crippen molar-refractivity contribution in [3.8, 4) is 11.5 Å². The Morgan fingerprint density at radius 3 is 2.70 bits per heavy atom.